The van der Waals surface area contributed by atoms with Crippen molar-refractivity contribution in [3.05, 3.63) is 5.82 Å². The van der Waals surface area contributed by atoms with Crippen molar-refractivity contribution in [1.29, 1.82) is 0 Å². The number of hydrogen-bond acceptors (Lipinski definition) is 5. The van der Waals surface area contributed by atoms with E-state index in [1.807, 2.05) is 13.8 Å². The van der Waals surface area contributed by atoms with Gasteiger partial charge in [0.15, 0.2) is 11.6 Å². The fraction of sp³-hybridized carbons (Fsp3) is 0.750. The maximum absolute atomic E-state index is 11.1. The van der Waals surface area contributed by atoms with Crippen molar-refractivity contribution >= 4 is 5.78 Å². The van der Waals surface area contributed by atoms with Crippen LogP contribution in [0, 0.1) is 5.92 Å². The van der Waals surface area contributed by atoms with Gasteiger partial charge < -0.3 is 4.74 Å². The Balaban J connectivity index is 2.08. The number of carbonyl (C=O) groups excluding carboxylic acids is 1. The van der Waals surface area contributed by atoms with E-state index in [-0.39, 0.29) is 18.3 Å². The minimum Gasteiger partial charge on any atom is -0.373 e. The molecule has 1 rings (SSSR count). The predicted octanol–water partition coefficient (Wildman–Crippen LogP) is -0.0161. The highest BCUT2D eigenvalue weighted by Crippen LogP contribution is 1.95. The van der Waals surface area contributed by atoms with Crippen LogP contribution in [0.25, 0.3) is 0 Å². The topological polar surface area (TPSA) is 80.8 Å². The summed E-state index contributed by atoms with van der Waals surface area (Å²) in [5.74, 6) is 0.736. The zero-order valence-corrected chi connectivity index (χ0v) is 8.36. The summed E-state index contributed by atoms with van der Waals surface area (Å²) in [4.78, 5) is 11.1. The van der Waals surface area contributed by atoms with Crippen LogP contribution in [0.3, 0.4) is 0 Å². The van der Waals surface area contributed by atoms with Gasteiger partial charge in [0.05, 0.1) is 6.61 Å². The van der Waals surface area contributed by atoms with Gasteiger partial charge in [0.2, 0.25) is 0 Å². The Bertz CT molecular complexity index is 271. The van der Waals surface area contributed by atoms with E-state index in [9.17, 15) is 4.79 Å². The number of H-pyrrole nitrogens is 1. The number of aromatic nitrogens is 4. The molecule has 0 aliphatic carbocycles. The standard InChI is InChI=1S/C8H14N4O2/c1-6(2)7(13)5-14-4-3-8-9-11-12-10-8/h6H,3-5H2,1-2H3,(H,9,10,11,12). The highest BCUT2D eigenvalue weighted by Gasteiger charge is 2.06. The molecular formula is C8H14N4O2. The number of nitrogens with one attached hydrogen (secondary N) is 1. The average molecular weight is 198 g/mol. The summed E-state index contributed by atoms with van der Waals surface area (Å²) in [6.45, 7) is 4.31. The molecule has 1 aromatic heterocycles. The third-order valence-corrected chi connectivity index (χ3v) is 1.75. The van der Waals surface area contributed by atoms with Crippen LogP contribution in [0.5, 0.6) is 0 Å². The van der Waals surface area contributed by atoms with Gasteiger partial charge >= 0.3 is 0 Å². The van der Waals surface area contributed by atoms with E-state index in [2.05, 4.69) is 20.6 Å². The summed E-state index contributed by atoms with van der Waals surface area (Å²) >= 11 is 0. The number of tetrazole rings is 1. The van der Waals surface area contributed by atoms with Crippen LogP contribution in [0.1, 0.15) is 19.7 Å². The molecule has 1 heterocycles. The van der Waals surface area contributed by atoms with Crippen LogP contribution in [-0.4, -0.2) is 39.6 Å². The van der Waals surface area contributed by atoms with E-state index in [1.165, 1.54) is 0 Å². The molecule has 0 aliphatic rings. The van der Waals surface area contributed by atoms with Crippen LogP contribution < -0.4 is 0 Å². The van der Waals surface area contributed by atoms with Gasteiger partial charge in [-0.1, -0.05) is 19.1 Å². The van der Waals surface area contributed by atoms with Gasteiger partial charge in [-0.25, -0.2) is 0 Å². The highest BCUT2D eigenvalue weighted by molar-refractivity contribution is 5.81. The Hall–Kier alpha value is -1.30. The van der Waals surface area contributed by atoms with Crippen LogP contribution in [0.4, 0.5) is 0 Å². The lowest BCUT2D eigenvalue weighted by molar-refractivity contribution is -0.126. The van der Waals surface area contributed by atoms with Crippen molar-refractivity contribution in [1.82, 2.24) is 20.6 Å². The summed E-state index contributed by atoms with van der Waals surface area (Å²) in [5.41, 5.74) is 0. The minimum atomic E-state index is 0.0279. The summed E-state index contributed by atoms with van der Waals surface area (Å²) in [6, 6.07) is 0. The van der Waals surface area contributed by atoms with Gasteiger partial charge in [0.1, 0.15) is 6.61 Å². The number of ether oxygens (including phenoxy) is 1. The third-order valence-electron chi connectivity index (χ3n) is 1.75. The van der Waals surface area contributed by atoms with Crippen molar-refractivity contribution in [2.45, 2.75) is 20.3 Å². The second-order valence-corrected chi connectivity index (χ2v) is 3.25. The normalized spacial score (nSPS) is 10.8. The Morgan fingerprint density at radius 2 is 2.36 bits per heavy atom. The Labute approximate surface area is 82.0 Å². The molecule has 0 atom stereocenters. The monoisotopic (exact) mass is 198 g/mol. The van der Waals surface area contributed by atoms with E-state index in [1.54, 1.807) is 0 Å². The molecule has 14 heavy (non-hydrogen) atoms. The van der Waals surface area contributed by atoms with Crippen molar-refractivity contribution in [2.24, 2.45) is 5.92 Å². The molecule has 6 heteroatoms. The number of aromatic amines is 1. The predicted molar refractivity (Wildman–Crippen MR) is 48.5 cm³/mol. The lowest BCUT2D eigenvalue weighted by atomic mass is 10.1. The molecule has 0 amide bonds. The first kappa shape index (κ1) is 10.8. The zero-order chi connectivity index (χ0) is 10.4. The molecule has 0 aliphatic heterocycles. The fourth-order valence-electron chi connectivity index (χ4n) is 0.791. The molecule has 1 N–H and O–H groups in total. The molecule has 0 saturated carbocycles. The summed E-state index contributed by atoms with van der Waals surface area (Å²) < 4.78 is 5.16. The van der Waals surface area contributed by atoms with Crippen LogP contribution in [-0.2, 0) is 16.0 Å². The quantitative estimate of drug-likeness (QED) is 0.650. The smallest absolute Gasteiger partial charge is 0.176 e. The molecule has 0 spiro atoms. The van der Waals surface area contributed by atoms with Crippen LogP contribution in [0.15, 0.2) is 0 Å². The van der Waals surface area contributed by atoms with Crippen LogP contribution >= 0.6 is 0 Å². The first-order valence-electron chi connectivity index (χ1n) is 4.53. The molecule has 0 unspecified atom stereocenters. The van der Waals surface area contributed by atoms with E-state index in [0.29, 0.717) is 18.9 Å². The first-order chi connectivity index (χ1) is 6.70. The van der Waals surface area contributed by atoms with Crippen molar-refractivity contribution in [2.75, 3.05) is 13.2 Å². The van der Waals surface area contributed by atoms with Gasteiger partial charge in [-0.2, -0.15) is 5.21 Å². The number of nitrogens with zero attached hydrogens (tertiary/aromatic N) is 3. The number of ketones is 1. The number of carbonyl (C=O) groups is 1. The molecule has 0 bridgehead atoms. The van der Waals surface area contributed by atoms with Gasteiger partial charge in [0.25, 0.3) is 0 Å². The lowest BCUT2D eigenvalue weighted by Crippen LogP contribution is -2.16. The molecule has 0 saturated heterocycles. The highest BCUT2D eigenvalue weighted by atomic mass is 16.5. The van der Waals surface area contributed by atoms with Crippen molar-refractivity contribution in [3.63, 3.8) is 0 Å². The summed E-state index contributed by atoms with van der Waals surface area (Å²) in [6.07, 6.45) is 0.571. The molecule has 0 aromatic carbocycles. The van der Waals surface area contributed by atoms with Crippen LogP contribution in [0.2, 0.25) is 0 Å². The number of rotatable bonds is 6. The minimum absolute atomic E-state index is 0.0279. The molecule has 0 radical (unpaired) electrons. The van der Waals surface area contributed by atoms with Crippen molar-refractivity contribution < 1.29 is 9.53 Å². The van der Waals surface area contributed by atoms with Crippen molar-refractivity contribution in [3.8, 4) is 0 Å². The second-order valence-electron chi connectivity index (χ2n) is 3.25. The molecule has 6 nitrogen and oxygen atoms in total. The Morgan fingerprint density at radius 3 is 2.93 bits per heavy atom. The number of Topliss-reactive ketones (excluding diaryl/α,β-unsaturated/α-hetero) is 1. The van der Waals surface area contributed by atoms with Gasteiger partial charge in [-0.05, 0) is 0 Å². The summed E-state index contributed by atoms with van der Waals surface area (Å²) in [7, 11) is 0. The lowest BCUT2D eigenvalue weighted by Gasteiger charge is -2.03. The van der Waals surface area contributed by atoms with E-state index < -0.39 is 0 Å². The van der Waals surface area contributed by atoms with E-state index in [0.717, 1.165) is 0 Å². The Morgan fingerprint density at radius 1 is 1.57 bits per heavy atom. The van der Waals surface area contributed by atoms with Gasteiger partial charge in [0, 0.05) is 12.3 Å². The van der Waals surface area contributed by atoms with E-state index in [4.69, 9.17) is 4.74 Å². The molecule has 1 aromatic rings. The second kappa shape index (κ2) is 5.43. The molecular weight excluding hydrogens is 184 g/mol. The third kappa shape index (κ3) is 3.61. The van der Waals surface area contributed by atoms with Gasteiger partial charge in [-0.3, -0.25) is 4.79 Å². The van der Waals surface area contributed by atoms with E-state index >= 15 is 0 Å². The number of hydrogen-bond donors (Lipinski definition) is 1. The average Bonchev–Trinajstić information content (AvgIpc) is 2.64. The molecule has 78 valence electrons. The largest absolute Gasteiger partial charge is 0.373 e. The maximum Gasteiger partial charge on any atom is 0.176 e. The Kier molecular flexibility index (Phi) is 4.18. The maximum atomic E-state index is 11.1. The first-order valence-corrected chi connectivity index (χ1v) is 4.53. The SMILES string of the molecule is CC(C)C(=O)COCCc1nn[nH]n1. The zero-order valence-electron chi connectivity index (χ0n) is 8.36. The van der Waals surface area contributed by atoms with Gasteiger partial charge in [-0.15, -0.1) is 10.2 Å². The fourth-order valence-corrected chi connectivity index (χ4v) is 0.791. The summed E-state index contributed by atoms with van der Waals surface area (Å²) in [5, 5.41) is 13.3. The molecule has 0 fully saturated rings.